The lowest BCUT2D eigenvalue weighted by Crippen LogP contribution is -2.52. The van der Waals surface area contributed by atoms with Gasteiger partial charge in [-0.3, -0.25) is 9.59 Å². The highest BCUT2D eigenvalue weighted by atomic mass is 16.2. The molecule has 1 N–H and O–H groups in total. The first-order valence-electron chi connectivity index (χ1n) is 8.47. The lowest BCUT2D eigenvalue weighted by molar-refractivity contribution is -0.141. The van der Waals surface area contributed by atoms with E-state index in [4.69, 9.17) is 0 Å². The maximum Gasteiger partial charge on any atom is 0.227 e. The maximum absolute atomic E-state index is 12.5. The molecule has 2 aliphatic heterocycles. The summed E-state index contributed by atoms with van der Waals surface area (Å²) < 4.78 is 0. The van der Waals surface area contributed by atoms with E-state index in [1.54, 1.807) is 0 Å². The summed E-state index contributed by atoms with van der Waals surface area (Å²) in [4.78, 5) is 28.7. The molecule has 2 heterocycles. The molecule has 0 saturated carbocycles. The van der Waals surface area contributed by atoms with Gasteiger partial charge in [0.2, 0.25) is 11.8 Å². The number of benzene rings is 1. The number of carbonyl (C=O) groups is 2. The Hall–Kier alpha value is -1.88. The second-order valence-corrected chi connectivity index (χ2v) is 6.50. The number of piperazine rings is 1. The molecule has 0 spiro atoms. The minimum atomic E-state index is 0.129. The second kappa shape index (κ2) is 7.13. The van der Waals surface area contributed by atoms with Crippen LogP contribution in [-0.2, 0) is 16.0 Å². The van der Waals surface area contributed by atoms with Crippen LogP contribution in [0, 0.1) is 12.8 Å². The Labute approximate surface area is 137 Å². The summed E-state index contributed by atoms with van der Waals surface area (Å²) in [6.45, 7) is 6.39. The van der Waals surface area contributed by atoms with Crippen LogP contribution in [0.15, 0.2) is 24.3 Å². The third kappa shape index (κ3) is 3.72. The lowest BCUT2D eigenvalue weighted by atomic mass is 10.0. The first-order chi connectivity index (χ1) is 11.1. The Morgan fingerprint density at radius 1 is 1.13 bits per heavy atom. The largest absolute Gasteiger partial charge is 0.339 e. The third-order valence-corrected chi connectivity index (χ3v) is 4.96. The van der Waals surface area contributed by atoms with Gasteiger partial charge in [0, 0.05) is 32.7 Å². The highest BCUT2D eigenvalue weighted by Crippen LogP contribution is 2.15. The monoisotopic (exact) mass is 315 g/mol. The van der Waals surface area contributed by atoms with Crippen molar-refractivity contribution in [3.05, 3.63) is 35.4 Å². The van der Waals surface area contributed by atoms with Crippen LogP contribution in [-0.4, -0.2) is 60.9 Å². The topological polar surface area (TPSA) is 52.7 Å². The van der Waals surface area contributed by atoms with E-state index in [-0.39, 0.29) is 17.7 Å². The average Bonchev–Trinajstić information content (AvgIpc) is 3.11. The summed E-state index contributed by atoms with van der Waals surface area (Å²) in [5.74, 6) is 0.541. The molecular formula is C18H25N3O2. The molecule has 3 rings (SSSR count). The maximum atomic E-state index is 12.5. The van der Waals surface area contributed by atoms with Crippen molar-refractivity contribution >= 4 is 11.8 Å². The van der Waals surface area contributed by atoms with Crippen LogP contribution in [0.25, 0.3) is 0 Å². The average molecular weight is 315 g/mol. The first-order valence-corrected chi connectivity index (χ1v) is 8.47. The van der Waals surface area contributed by atoms with Gasteiger partial charge in [0.25, 0.3) is 0 Å². The number of nitrogens with one attached hydrogen (secondary N) is 1. The van der Waals surface area contributed by atoms with Crippen LogP contribution in [0.5, 0.6) is 0 Å². The van der Waals surface area contributed by atoms with E-state index in [1.807, 2.05) is 41.0 Å². The van der Waals surface area contributed by atoms with Crippen LogP contribution in [0.2, 0.25) is 0 Å². The molecule has 23 heavy (non-hydrogen) atoms. The standard InChI is InChI=1S/C18H25N3O2/c1-14-4-2-3-5-15(14)12-17(22)20-8-10-21(11-9-20)18(23)16-6-7-19-13-16/h2-5,16,19H,6-13H2,1H3. The number of rotatable bonds is 3. The molecule has 124 valence electrons. The number of carbonyl (C=O) groups excluding carboxylic acids is 2. The Kier molecular flexibility index (Phi) is 4.96. The van der Waals surface area contributed by atoms with Crippen LogP contribution in [0.4, 0.5) is 0 Å². The first kappa shape index (κ1) is 16.0. The fourth-order valence-electron chi connectivity index (χ4n) is 3.38. The van der Waals surface area contributed by atoms with Crippen molar-refractivity contribution < 1.29 is 9.59 Å². The summed E-state index contributed by atoms with van der Waals surface area (Å²) in [6, 6.07) is 8.02. The summed E-state index contributed by atoms with van der Waals surface area (Å²) >= 11 is 0. The predicted molar refractivity (Wildman–Crippen MR) is 89.0 cm³/mol. The predicted octanol–water partition coefficient (Wildman–Crippen LogP) is 0.818. The smallest absolute Gasteiger partial charge is 0.227 e. The van der Waals surface area contributed by atoms with Gasteiger partial charge in [0.05, 0.1) is 12.3 Å². The van der Waals surface area contributed by atoms with E-state index >= 15 is 0 Å². The molecule has 1 atom stereocenters. The van der Waals surface area contributed by atoms with Crippen molar-refractivity contribution in [2.75, 3.05) is 39.3 Å². The van der Waals surface area contributed by atoms with Gasteiger partial charge in [-0.2, -0.15) is 0 Å². The molecule has 0 bridgehead atoms. The Balaban J connectivity index is 1.51. The van der Waals surface area contributed by atoms with E-state index < -0.39 is 0 Å². The zero-order valence-electron chi connectivity index (χ0n) is 13.8. The van der Waals surface area contributed by atoms with Crippen molar-refractivity contribution in [1.82, 2.24) is 15.1 Å². The van der Waals surface area contributed by atoms with Crippen LogP contribution >= 0.6 is 0 Å². The van der Waals surface area contributed by atoms with Gasteiger partial charge in [-0.1, -0.05) is 24.3 Å². The minimum Gasteiger partial charge on any atom is -0.339 e. The minimum absolute atomic E-state index is 0.129. The van der Waals surface area contributed by atoms with E-state index in [9.17, 15) is 9.59 Å². The van der Waals surface area contributed by atoms with Crippen LogP contribution in [0.3, 0.4) is 0 Å². The van der Waals surface area contributed by atoms with E-state index in [0.29, 0.717) is 32.6 Å². The molecule has 2 aliphatic rings. The van der Waals surface area contributed by atoms with Gasteiger partial charge in [-0.05, 0) is 31.0 Å². The van der Waals surface area contributed by atoms with Crippen molar-refractivity contribution in [3.8, 4) is 0 Å². The quantitative estimate of drug-likeness (QED) is 0.898. The van der Waals surface area contributed by atoms with Crippen LogP contribution in [0.1, 0.15) is 17.5 Å². The van der Waals surface area contributed by atoms with E-state index in [1.165, 1.54) is 0 Å². The number of amides is 2. The summed E-state index contributed by atoms with van der Waals surface area (Å²) in [7, 11) is 0. The SMILES string of the molecule is Cc1ccccc1CC(=O)N1CCN(C(=O)C2CCNC2)CC1. The third-order valence-electron chi connectivity index (χ3n) is 4.96. The van der Waals surface area contributed by atoms with E-state index in [2.05, 4.69) is 5.32 Å². The van der Waals surface area contributed by atoms with Crippen LogP contribution < -0.4 is 5.32 Å². The van der Waals surface area contributed by atoms with Crippen molar-refractivity contribution in [3.63, 3.8) is 0 Å². The number of aryl methyl sites for hydroxylation is 1. The highest BCUT2D eigenvalue weighted by Gasteiger charge is 2.30. The molecule has 1 unspecified atom stereocenters. The van der Waals surface area contributed by atoms with Gasteiger partial charge in [0.1, 0.15) is 0 Å². The molecule has 1 aromatic carbocycles. The molecule has 2 amide bonds. The number of hydrogen-bond acceptors (Lipinski definition) is 3. The van der Waals surface area contributed by atoms with E-state index in [0.717, 1.165) is 30.6 Å². The number of hydrogen-bond donors (Lipinski definition) is 1. The van der Waals surface area contributed by atoms with Crippen molar-refractivity contribution in [2.45, 2.75) is 19.8 Å². The summed E-state index contributed by atoms with van der Waals surface area (Å²) in [5, 5.41) is 3.24. The zero-order valence-corrected chi connectivity index (χ0v) is 13.8. The summed E-state index contributed by atoms with van der Waals surface area (Å²) in [6.07, 6.45) is 1.39. The van der Waals surface area contributed by atoms with Gasteiger partial charge in [-0.25, -0.2) is 0 Å². The molecular weight excluding hydrogens is 290 g/mol. The molecule has 5 nitrogen and oxygen atoms in total. The van der Waals surface area contributed by atoms with Gasteiger partial charge in [0.15, 0.2) is 0 Å². The zero-order chi connectivity index (χ0) is 16.2. The summed E-state index contributed by atoms with van der Waals surface area (Å²) in [5.41, 5.74) is 2.25. The molecule has 5 heteroatoms. The van der Waals surface area contributed by atoms with Gasteiger partial charge >= 0.3 is 0 Å². The van der Waals surface area contributed by atoms with Gasteiger partial charge in [-0.15, -0.1) is 0 Å². The van der Waals surface area contributed by atoms with Gasteiger partial charge < -0.3 is 15.1 Å². The fraction of sp³-hybridized carbons (Fsp3) is 0.556. The fourth-order valence-corrected chi connectivity index (χ4v) is 3.38. The Morgan fingerprint density at radius 3 is 2.48 bits per heavy atom. The van der Waals surface area contributed by atoms with Crippen molar-refractivity contribution in [1.29, 1.82) is 0 Å². The molecule has 0 aromatic heterocycles. The molecule has 0 aliphatic carbocycles. The molecule has 1 aromatic rings. The molecule has 2 fully saturated rings. The molecule has 0 radical (unpaired) electrons. The molecule has 2 saturated heterocycles. The second-order valence-electron chi connectivity index (χ2n) is 6.50. The van der Waals surface area contributed by atoms with Crippen molar-refractivity contribution in [2.24, 2.45) is 5.92 Å². The lowest BCUT2D eigenvalue weighted by Gasteiger charge is -2.36. The highest BCUT2D eigenvalue weighted by molar-refractivity contribution is 5.81. The normalized spacial score (nSPS) is 21.5. The number of nitrogens with zero attached hydrogens (tertiary/aromatic N) is 2. The Morgan fingerprint density at radius 2 is 1.83 bits per heavy atom. The Bertz CT molecular complexity index is 573.